The lowest BCUT2D eigenvalue weighted by molar-refractivity contribution is 1.16. The number of nitrogens with zero attached hydrogens (tertiary/aromatic N) is 3. The summed E-state index contributed by atoms with van der Waals surface area (Å²) in [4.78, 5) is 11.1. The first-order chi connectivity index (χ1) is 25.3. The Morgan fingerprint density at radius 2 is 1.16 bits per heavy atom. The molecule has 0 saturated heterocycles. The molecular formula is C47H31N3S. The highest BCUT2D eigenvalue weighted by Gasteiger charge is 2.21. The lowest BCUT2D eigenvalue weighted by Crippen LogP contribution is -1.99. The van der Waals surface area contributed by atoms with Gasteiger partial charge in [0.2, 0.25) is 0 Å². The van der Waals surface area contributed by atoms with Crippen molar-refractivity contribution >= 4 is 33.6 Å². The molecule has 0 aliphatic carbocycles. The van der Waals surface area contributed by atoms with Crippen LogP contribution in [0.25, 0.3) is 83.5 Å². The van der Waals surface area contributed by atoms with E-state index in [1.54, 1.807) is 0 Å². The van der Waals surface area contributed by atoms with Crippen LogP contribution < -0.4 is 0 Å². The van der Waals surface area contributed by atoms with Crippen molar-refractivity contribution in [3.05, 3.63) is 182 Å². The van der Waals surface area contributed by atoms with E-state index in [4.69, 9.17) is 9.97 Å². The molecule has 9 aromatic rings. The smallest absolute Gasteiger partial charge is 0.159 e. The van der Waals surface area contributed by atoms with Crippen LogP contribution >= 0.6 is 11.8 Å². The first-order valence-electron chi connectivity index (χ1n) is 17.3. The maximum absolute atomic E-state index is 5.04. The minimum Gasteiger partial charge on any atom is -0.309 e. The Balaban J connectivity index is 1.04. The molecule has 3 heterocycles. The van der Waals surface area contributed by atoms with Crippen LogP contribution in [0, 0.1) is 0 Å². The Morgan fingerprint density at radius 3 is 2.08 bits per heavy atom. The number of fused-ring (bicyclic) bond motifs is 6. The molecule has 0 fully saturated rings. The highest BCUT2D eigenvalue weighted by molar-refractivity contribution is 7.98. The van der Waals surface area contributed by atoms with Crippen LogP contribution in [-0.4, -0.2) is 14.5 Å². The number of thioether (sulfide) groups is 1. The van der Waals surface area contributed by atoms with E-state index in [-0.39, 0.29) is 0 Å². The van der Waals surface area contributed by atoms with Crippen molar-refractivity contribution in [2.75, 3.05) is 0 Å². The minimum atomic E-state index is 0.706. The fourth-order valence-corrected chi connectivity index (χ4v) is 8.67. The third-order valence-electron chi connectivity index (χ3n) is 10.0. The summed E-state index contributed by atoms with van der Waals surface area (Å²) in [6, 6.07) is 60.8. The van der Waals surface area contributed by atoms with Gasteiger partial charge in [0, 0.05) is 44.4 Å². The summed E-state index contributed by atoms with van der Waals surface area (Å²) in [5.74, 6) is 1.68. The highest BCUT2D eigenvalue weighted by atomic mass is 32.2. The van der Waals surface area contributed by atoms with Gasteiger partial charge in [0.1, 0.15) is 0 Å². The highest BCUT2D eigenvalue weighted by Crippen LogP contribution is 2.45. The normalized spacial score (nSPS) is 12.2. The summed E-state index contributed by atoms with van der Waals surface area (Å²) in [5, 5.41) is 2.48. The van der Waals surface area contributed by atoms with E-state index < -0.39 is 0 Å². The fourth-order valence-electron chi connectivity index (χ4n) is 7.56. The SMILES string of the molecule is c1ccc(-c2ccc(-c3ccnc(-c4cccc(-n5c6ccccc6c6cc(-c7cccc8c7CSc7ccccc7-8)ccc65)c4)n3)cc2)cc1. The van der Waals surface area contributed by atoms with Gasteiger partial charge in [0.05, 0.1) is 16.7 Å². The first-order valence-corrected chi connectivity index (χ1v) is 18.2. The van der Waals surface area contributed by atoms with Gasteiger partial charge in [-0.1, -0.05) is 127 Å². The van der Waals surface area contributed by atoms with Gasteiger partial charge in [0.15, 0.2) is 5.82 Å². The van der Waals surface area contributed by atoms with Crippen molar-refractivity contribution in [1.29, 1.82) is 0 Å². The van der Waals surface area contributed by atoms with Gasteiger partial charge in [-0.2, -0.15) is 0 Å². The predicted molar refractivity (Wildman–Crippen MR) is 213 cm³/mol. The van der Waals surface area contributed by atoms with Crippen molar-refractivity contribution in [3.8, 4) is 61.7 Å². The molecule has 0 radical (unpaired) electrons. The molecule has 0 bridgehead atoms. The molecule has 7 aromatic carbocycles. The zero-order valence-corrected chi connectivity index (χ0v) is 28.5. The van der Waals surface area contributed by atoms with Gasteiger partial charge in [-0.25, -0.2) is 9.97 Å². The molecule has 240 valence electrons. The molecular weight excluding hydrogens is 639 g/mol. The lowest BCUT2D eigenvalue weighted by atomic mass is 9.91. The van der Waals surface area contributed by atoms with Crippen LogP contribution in [0.15, 0.2) is 181 Å². The molecule has 0 amide bonds. The maximum atomic E-state index is 5.04. The monoisotopic (exact) mass is 669 g/mol. The third-order valence-corrected chi connectivity index (χ3v) is 11.1. The summed E-state index contributed by atoms with van der Waals surface area (Å²) in [6.45, 7) is 0. The predicted octanol–water partition coefficient (Wildman–Crippen LogP) is 12.5. The summed E-state index contributed by atoms with van der Waals surface area (Å²) in [6.07, 6.45) is 1.86. The molecule has 1 aliphatic rings. The minimum absolute atomic E-state index is 0.706. The number of aromatic nitrogens is 3. The van der Waals surface area contributed by atoms with E-state index in [9.17, 15) is 0 Å². The molecule has 4 heteroatoms. The topological polar surface area (TPSA) is 30.7 Å². The van der Waals surface area contributed by atoms with Crippen LogP contribution in [0.4, 0.5) is 0 Å². The van der Waals surface area contributed by atoms with Crippen LogP contribution in [0.3, 0.4) is 0 Å². The molecule has 0 saturated carbocycles. The van der Waals surface area contributed by atoms with Crippen LogP contribution in [0.5, 0.6) is 0 Å². The standard InChI is InChI=1S/C47H31N3S/c1-2-10-31(11-3-1)32-20-22-33(23-21-32)43-26-27-48-47(49-43)35-12-8-13-36(28-35)50-44-18-6-4-14-39(44)41-29-34(24-25-45(41)50)37-16-9-17-38-40-15-5-7-19-46(40)51-30-42(37)38/h1-29H,30H2. The van der Waals surface area contributed by atoms with Crippen molar-refractivity contribution in [1.82, 2.24) is 14.5 Å². The van der Waals surface area contributed by atoms with Gasteiger partial charge in [-0.3, -0.25) is 0 Å². The van der Waals surface area contributed by atoms with Gasteiger partial charge in [-0.15, -0.1) is 11.8 Å². The Hall–Kier alpha value is -6.23. The molecule has 0 atom stereocenters. The summed E-state index contributed by atoms with van der Waals surface area (Å²) in [7, 11) is 0. The second-order valence-corrected chi connectivity index (χ2v) is 14.0. The average molecular weight is 670 g/mol. The average Bonchev–Trinajstić information content (AvgIpc) is 3.55. The van der Waals surface area contributed by atoms with Crippen molar-refractivity contribution in [2.45, 2.75) is 10.6 Å². The maximum Gasteiger partial charge on any atom is 0.159 e. The van der Waals surface area contributed by atoms with Gasteiger partial charge < -0.3 is 4.57 Å². The van der Waals surface area contributed by atoms with E-state index in [1.165, 1.54) is 65.6 Å². The van der Waals surface area contributed by atoms with Crippen LogP contribution in [0.1, 0.15) is 5.56 Å². The number of benzene rings is 7. The van der Waals surface area contributed by atoms with E-state index in [0.29, 0.717) is 5.82 Å². The Morgan fingerprint density at radius 1 is 0.471 bits per heavy atom. The summed E-state index contributed by atoms with van der Waals surface area (Å²) >= 11 is 1.93. The number of para-hydroxylation sites is 1. The molecule has 10 rings (SSSR count). The van der Waals surface area contributed by atoms with Crippen LogP contribution in [0.2, 0.25) is 0 Å². The summed E-state index contributed by atoms with van der Waals surface area (Å²) < 4.78 is 2.37. The van der Waals surface area contributed by atoms with E-state index >= 15 is 0 Å². The number of rotatable bonds is 5. The van der Waals surface area contributed by atoms with Crippen LogP contribution in [-0.2, 0) is 5.75 Å². The van der Waals surface area contributed by atoms with Gasteiger partial charge >= 0.3 is 0 Å². The molecule has 0 N–H and O–H groups in total. The zero-order valence-electron chi connectivity index (χ0n) is 27.7. The summed E-state index contributed by atoms with van der Waals surface area (Å²) in [5.41, 5.74) is 15.4. The van der Waals surface area contributed by atoms with Gasteiger partial charge in [0.25, 0.3) is 0 Å². The Bertz CT molecular complexity index is 2750. The second kappa shape index (κ2) is 12.3. The molecule has 51 heavy (non-hydrogen) atoms. The number of hydrogen-bond acceptors (Lipinski definition) is 3. The largest absolute Gasteiger partial charge is 0.309 e. The molecule has 0 spiro atoms. The zero-order chi connectivity index (χ0) is 33.7. The van der Waals surface area contributed by atoms with Crippen molar-refractivity contribution in [3.63, 3.8) is 0 Å². The van der Waals surface area contributed by atoms with E-state index in [2.05, 4.69) is 162 Å². The fraction of sp³-hybridized carbons (Fsp3) is 0.0213. The third kappa shape index (κ3) is 5.15. The van der Waals surface area contributed by atoms with E-state index in [1.807, 2.05) is 30.1 Å². The van der Waals surface area contributed by atoms with Gasteiger partial charge in [-0.05, 0) is 81.4 Å². The molecule has 0 unspecified atom stereocenters. The molecule has 2 aromatic heterocycles. The quantitative estimate of drug-likeness (QED) is 0.183. The Kier molecular flexibility index (Phi) is 7.14. The second-order valence-electron chi connectivity index (χ2n) is 13.0. The Labute approximate surface area is 300 Å². The van der Waals surface area contributed by atoms with Crippen molar-refractivity contribution < 1.29 is 0 Å². The lowest BCUT2D eigenvalue weighted by Gasteiger charge is -2.22. The van der Waals surface area contributed by atoms with E-state index in [0.717, 1.165) is 28.3 Å². The number of hydrogen-bond donors (Lipinski definition) is 0. The molecule has 3 nitrogen and oxygen atoms in total. The first kappa shape index (κ1) is 29.7. The van der Waals surface area contributed by atoms with Crippen molar-refractivity contribution in [2.24, 2.45) is 0 Å². The molecule has 1 aliphatic heterocycles.